The summed E-state index contributed by atoms with van der Waals surface area (Å²) in [6, 6.07) is 5.98. The van der Waals surface area contributed by atoms with Gasteiger partial charge in [-0.05, 0) is 76.2 Å². The van der Waals surface area contributed by atoms with Gasteiger partial charge in [0.15, 0.2) is 0 Å². The molecule has 1 aromatic carbocycles. The summed E-state index contributed by atoms with van der Waals surface area (Å²) in [5.74, 6) is 1.25. The van der Waals surface area contributed by atoms with Gasteiger partial charge in [-0.15, -0.1) is 0 Å². The second-order valence-electron chi connectivity index (χ2n) is 9.91. The van der Waals surface area contributed by atoms with E-state index in [4.69, 9.17) is 21.1 Å². The number of likely N-dealkylation sites (tertiary alicyclic amines) is 1. The quantitative estimate of drug-likeness (QED) is 0.648. The number of nitrogens with zero attached hydrogens (tertiary/aromatic N) is 2. The van der Waals surface area contributed by atoms with Crippen molar-refractivity contribution in [1.82, 2.24) is 4.90 Å². The summed E-state index contributed by atoms with van der Waals surface area (Å²) in [7, 11) is 0. The Bertz CT molecular complexity index is 868. The molecule has 5 heteroatoms. The highest BCUT2D eigenvalue weighted by Gasteiger charge is 2.52. The maximum Gasteiger partial charge on any atom is 0.127 e. The molecule has 2 unspecified atom stereocenters. The van der Waals surface area contributed by atoms with Crippen molar-refractivity contribution in [1.29, 1.82) is 0 Å². The number of allylic oxidation sites excluding steroid dienone is 1. The van der Waals surface area contributed by atoms with Crippen molar-refractivity contribution in [2.75, 3.05) is 26.2 Å². The van der Waals surface area contributed by atoms with Crippen molar-refractivity contribution < 1.29 is 9.47 Å². The molecule has 0 bridgehead atoms. The Morgan fingerprint density at radius 2 is 2.03 bits per heavy atom. The molecule has 1 spiro atoms. The first-order valence-electron chi connectivity index (χ1n) is 10.9. The highest BCUT2D eigenvalue weighted by atomic mass is 35.5. The lowest BCUT2D eigenvalue weighted by Gasteiger charge is -2.54. The van der Waals surface area contributed by atoms with E-state index in [1.165, 1.54) is 30.5 Å². The zero-order valence-corrected chi connectivity index (χ0v) is 18.5. The van der Waals surface area contributed by atoms with Gasteiger partial charge in [-0.25, -0.2) is 0 Å². The molecule has 2 fully saturated rings. The Balaban J connectivity index is 1.30. The molecular formula is C24H31ClN2O2. The van der Waals surface area contributed by atoms with Crippen LogP contribution in [-0.4, -0.2) is 43.0 Å². The topological polar surface area (TPSA) is 34.1 Å². The smallest absolute Gasteiger partial charge is 0.127 e. The maximum atomic E-state index is 6.59. The van der Waals surface area contributed by atoms with Crippen molar-refractivity contribution in [2.24, 2.45) is 16.3 Å². The van der Waals surface area contributed by atoms with Gasteiger partial charge in [0.2, 0.25) is 0 Å². The summed E-state index contributed by atoms with van der Waals surface area (Å²) in [6.45, 7) is 10.8. The third-order valence-electron chi connectivity index (χ3n) is 7.60. The molecule has 2 atom stereocenters. The molecule has 4 nitrogen and oxygen atoms in total. The number of fused-ring (bicyclic) bond motifs is 3. The Labute approximate surface area is 178 Å². The third-order valence-corrected chi connectivity index (χ3v) is 7.84. The summed E-state index contributed by atoms with van der Waals surface area (Å²) in [5, 5.41) is 0.718. The molecule has 5 rings (SSSR count). The van der Waals surface area contributed by atoms with E-state index in [0.29, 0.717) is 5.92 Å². The minimum Gasteiger partial charge on any atom is -0.487 e. The van der Waals surface area contributed by atoms with Gasteiger partial charge >= 0.3 is 0 Å². The number of hydrogen-bond acceptors (Lipinski definition) is 4. The van der Waals surface area contributed by atoms with Crippen molar-refractivity contribution in [3.05, 3.63) is 40.1 Å². The molecule has 0 radical (unpaired) electrons. The van der Waals surface area contributed by atoms with Crippen LogP contribution in [0, 0.1) is 11.3 Å². The van der Waals surface area contributed by atoms with Crippen LogP contribution in [0.4, 0.5) is 0 Å². The average molecular weight is 415 g/mol. The zero-order valence-electron chi connectivity index (χ0n) is 17.7. The Morgan fingerprint density at radius 1 is 1.24 bits per heavy atom. The minimum atomic E-state index is -0.254. The molecule has 156 valence electrons. The molecule has 0 aliphatic carbocycles. The third kappa shape index (κ3) is 3.54. The van der Waals surface area contributed by atoms with Crippen molar-refractivity contribution in [2.45, 2.75) is 58.2 Å². The number of rotatable bonds is 2. The highest BCUT2D eigenvalue weighted by Crippen LogP contribution is 2.55. The van der Waals surface area contributed by atoms with Gasteiger partial charge in [-0.2, -0.15) is 0 Å². The van der Waals surface area contributed by atoms with Crippen molar-refractivity contribution in [3.63, 3.8) is 0 Å². The predicted octanol–water partition coefficient (Wildman–Crippen LogP) is 5.42. The molecule has 1 aromatic rings. The van der Waals surface area contributed by atoms with E-state index in [0.717, 1.165) is 49.0 Å². The first-order chi connectivity index (χ1) is 13.9. The molecule has 2 saturated heterocycles. The van der Waals surface area contributed by atoms with Gasteiger partial charge in [0.05, 0.1) is 12.7 Å². The molecule has 4 aliphatic rings. The van der Waals surface area contributed by atoms with Crippen LogP contribution < -0.4 is 4.74 Å². The van der Waals surface area contributed by atoms with Crippen LogP contribution in [0.1, 0.15) is 58.1 Å². The molecule has 4 heterocycles. The van der Waals surface area contributed by atoms with Crippen LogP contribution in [0.25, 0.3) is 0 Å². The lowest BCUT2D eigenvalue weighted by molar-refractivity contribution is -0.174. The van der Waals surface area contributed by atoms with Crippen LogP contribution in [0.15, 0.2) is 34.5 Å². The van der Waals surface area contributed by atoms with E-state index in [1.54, 1.807) is 0 Å². The zero-order chi connectivity index (χ0) is 20.2. The lowest BCUT2D eigenvalue weighted by atomic mass is 9.64. The van der Waals surface area contributed by atoms with Gasteiger partial charge in [-0.3, -0.25) is 9.89 Å². The number of aliphatic imine (C=N–C) groups is 1. The molecule has 0 aromatic heterocycles. The number of ether oxygens (including phenoxy) is 2. The Kier molecular flexibility index (Phi) is 4.80. The summed E-state index contributed by atoms with van der Waals surface area (Å²) >= 11 is 6.21. The summed E-state index contributed by atoms with van der Waals surface area (Å²) < 4.78 is 13.0. The maximum absolute atomic E-state index is 6.59. The van der Waals surface area contributed by atoms with E-state index in [2.05, 4.69) is 36.7 Å². The van der Waals surface area contributed by atoms with E-state index >= 15 is 0 Å². The Hall–Kier alpha value is -1.36. The van der Waals surface area contributed by atoms with E-state index in [1.807, 2.05) is 18.3 Å². The fraction of sp³-hybridized carbons (Fsp3) is 0.625. The second kappa shape index (κ2) is 7.11. The number of benzene rings is 1. The minimum absolute atomic E-state index is 0.109. The standard InChI is InChI=1S/C24H31ClN2O2/c1-16-17(6-9-26-16)14-27-10-7-24(8-11-27)13-20-22(28-15-24)19-5-4-18(25)12-21(19)29-23(20,2)3/h4-5,9,12,20,22H,6-8,10-11,13-15H2,1-3H3. The fourth-order valence-electron chi connectivity index (χ4n) is 5.64. The van der Waals surface area contributed by atoms with Crippen LogP contribution in [0.3, 0.4) is 0 Å². The van der Waals surface area contributed by atoms with Crippen molar-refractivity contribution >= 4 is 17.8 Å². The number of halogens is 1. The van der Waals surface area contributed by atoms with E-state index < -0.39 is 0 Å². The van der Waals surface area contributed by atoms with Gasteiger partial charge in [0.1, 0.15) is 11.4 Å². The number of piperidine rings is 1. The summed E-state index contributed by atoms with van der Waals surface area (Å²) in [6.07, 6.45) is 6.75. The molecule has 0 amide bonds. The lowest BCUT2D eigenvalue weighted by Crippen LogP contribution is -2.54. The molecule has 0 saturated carbocycles. The van der Waals surface area contributed by atoms with Crippen LogP contribution >= 0.6 is 11.6 Å². The monoisotopic (exact) mass is 414 g/mol. The summed E-state index contributed by atoms with van der Waals surface area (Å²) in [4.78, 5) is 7.04. The van der Waals surface area contributed by atoms with Gasteiger partial charge in [-0.1, -0.05) is 17.7 Å². The fourth-order valence-corrected chi connectivity index (χ4v) is 5.80. The largest absolute Gasteiger partial charge is 0.487 e. The van der Waals surface area contributed by atoms with E-state index in [9.17, 15) is 0 Å². The molecule has 29 heavy (non-hydrogen) atoms. The molecule has 4 aliphatic heterocycles. The average Bonchev–Trinajstić information content (AvgIpc) is 3.08. The van der Waals surface area contributed by atoms with Gasteiger partial charge < -0.3 is 9.47 Å². The van der Waals surface area contributed by atoms with Crippen molar-refractivity contribution in [3.8, 4) is 5.75 Å². The first kappa shape index (κ1) is 19.6. The highest BCUT2D eigenvalue weighted by molar-refractivity contribution is 6.30. The SMILES string of the molecule is CC1=C(CN2CCC3(CC2)COC2c4ccc(Cl)cc4OC(C)(C)C2C3)CC=N1. The number of hydrogen-bond donors (Lipinski definition) is 0. The van der Waals surface area contributed by atoms with Crippen LogP contribution in [0.5, 0.6) is 5.75 Å². The second-order valence-corrected chi connectivity index (χ2v) is 10.3. The van der Waals surface area contributed by atoms with E-state index in [-0.39, 0.29) is 17.1 Å². The Morgan fingerprint density at radius 3 is 2.76 bits per heavy atom. The molecule has 0 N–H and O–H groups in total. The van der Waals surface area contributed by atoms with Crippen LogP contribution in [-0.2, 0) is 4.74 Å². The predicted molar refractivity (Wildman–Crippen MR) is 117 cm³/mol. The first-order valence-corrected chi connectivity index (χ1v) is 11.3. The summed E-state index contributed by atoms with van der Waals surface area (Å²) in [5.41, 5.74) is 3.88. The van der Waals surface area contributed by atoms with Gasteiger partial charge in [0.25, 0.3) is 0 Å². The van der Waals surface area contributed by atoms with Gasteiger partial charge in [0, 0.05) is 41.4 Å². The molecular weight excluding hydrogens is 384 g/mol. The van der Waals surface area contributed by atoms with Crippen LogP contribution in [0.2, 0.25) is 5.02 Å². The normalized spacial score (nSPS) is 30.2.